The molecule has 5 heteroatoms. The van der Waals surface area contributed by atoms with Crippen molar-refractivity contribution in [2.24, 2.45) is 0 Å². The van der Waals surface area contributed by atoms with Crippen molar-refractivity contribution in [1.29, 1.82) is 0 Å². The molecule has 0 unspecified atom stereocenters. The van der Waals surface area contributed by atoms with Crippen molar-refractivity contribution >= 4 is 12.0 Å². The van der Waals surface area contributed by atoms with Gasteiger partial charge in [0.25, 0.3) is 0 Å². The molecule has 1 N–H and O–H groups in total. The molecule has 2 aromatic rings. The van der Waals surface area contributed by atoms with E-state index in [1.165, 1.54) is 6.08 Å². The zero-order chi connectivity index (χ0) is 19.9. The van der Waals surface area contributed by atoms with Crippen molar-refractivity contribution in [2.75, 3.05) is 20.3 Å². The Hall–Kier alpha value is -2.95. The number of aliphatic carboxylic acids is 1. The molecule has 0 saturated heterocycles. The summed E-state index contributed by atoms with van der Waals surface area (Å²) in [6.07, 6.45) is 2.57. The Kier molecular flexibility index (Phi) is 6.88. The van der Waals surface area contributed by atoms with E-state index in [1.807, 2.05) is 18.2 Å². The summed E-state index contributed by atoms with van der Waals surface area (Å²) in [7, 11) is 1.57. The lowest BCUT2D eigenvalue weighted by Crippen LogP contribution is -2.16. The number of hydrogen-bond acceptors (Lipinski definition) is 4. The summed E-state index contributed by atoms with van der Waals surface area (Å²) in [6.45, 7) is 7.11. The Labute approximate surface area is 160 Å². The first kappa shape index (κ1) is 20.4. The normalized spacial score (nSPS) is 11.4. The summed E-state index contributed by atoms with van der Waals surface area (Å²) in [5, 5.41) is 8.83. The molecular weight excluding hydrogens is 344 g/mol. The van der Waals surface area contributed by atoms with E-state index in [-0.39, 0.29) is 5.41 Å². The van der Waals surface area contributed by atoms with E-state index in [2.05, 4.69) is 26.8 Å². The van der Waals surface area contributed by atoms with Gasteiger partial charge in [-0.3, -0.25) is 0 Å². The number of rotatable bonds is 8. The molecule has 0 aromatic heterocycles. The summed E-state index contributed by atoms with van der Waals surface area (Å²) >= 11 is 0. The van der Waals surface area contributed by atoms with Gasteiger partial charge < -0.3 is 19.3 Å². The van der Waals surface area contributed by atoms with Gasteiger partial charge >= 0.3 is 5.97 Å². The molecule has 5 nitrogen and oxygen atoms in total. The average molecular weight is 370 g/mol. The van der Waals surface area contributed by atoms with E-state index in [0.29, 0.717) is 30.3 Å². The quantitative estimate of drug-likeness (QED) is 0.545. The predicted molar refractivity (Wildman–Crippen MR) is 106 cm³/mol. The van der Waals surface area contributed by atoms with Crippen molar-refractivity contribution in [1.82, 2.24) is 0 Å². The molecule has 2 rings (SSSR count). The fourth-order valence-corrected chi connectivity index (χ4v) is 2.58. The maximum absolute atomic E-state index is 10.8. The molecule has 0 fully saturated rings. The molecule has 0 aliphatic heterocycles. The molecule has 144 valence electrons. The monoisotopic (exact) mass is 370 g/mol. The highest BCUT2D eigenvalue weighted by Crippen LogP contribution is 2.31. The van der Waals surface area contributed by atoms with Crippen LogP contribution in [0.2, 0.25) is 0 Å². The van der Waals surface area contributed by atoms with Crippen LogP contribution in [-0.2, 0) is 10.2 Å². The van der Waals surface area contributed by atoms with Crippen LogP contribution in [0.15, 0.2) is 48.5 Å². The van der Waals surface area contributed by atoms with Crippen LogP contribution in [-0.4, -0.2) is 31.4 Å². The second-order valence-corrected chi connectivity index (χ2v) is 7.02. The third-order valence-electron chi connectivity index (χ3n) is 3.92. The average Bonchev–Trinajstić information content (AvgIpc) is 2.63. The molecule has 0 aliphatic rings. The Morgan fingerprint density at radius 2 is 1.70 bits per heavy atom. The number of carboxylic acids is 1. The van der Waals surface area contributed by atoms with Gasteiger partial charge in [0.1, 0.15) is 30.5 Å². The molecule has 2 aromatic carbocycles. The Bertz CT molecular complexity index is 803. The van der Waals surface area contributed by atoms with Gasteiger partial charge in [-0.2, -0.15) is 0 Å². The number of hydrogen-bond donors (Lipinski definition) is 1. The first-order valence-electron chi connectivity index (χ1n) is 8.75. The maximum Gasteiger partial charge on any atom is 0.328 e. The molecule has 0 spiro atoms. The lowest BCUT2D eigenvalue weighted by Gasteiger charge is -2.22. The number of para-hydroxylation sites is 1. The molecule has 27 heavy (non-hydrogen) atoms. The van der Waals surface area contributed by atoms with Gasteiger partial charge in [0.05, 0.1) is 7.11 Å². The second kappa shape index (κ2) is 9.12. The second-order valence-electron chi connectivity index (χ2n) is 7.02. The molecule has 0 atom stereocenters. The summed E-state index contributed by atoms with van der Waals surface area (Å²) in [5.74, 6) is 1.00. The van der Waals surface area contributed by atoms with Gasteiger partial charge in [-0.25, -0.2) is 4.79 Å². The van der Waals surface area contributed by atoms with E-state index in [1.54, 1.807) is 25.3 Å². The number of carbonyl (C=O) groups is 1. The highest BCUT2D eigenvalue weighted by atomic mass is 16.5. The Morgan fingerprint density at radius 3 is 2.33 bits per heavy atom. The van der Waals surface area contributed by atoms with Crippen molar-refractivity contribution in [3.8, 4) is 17.2 Å². The third-order valence-corrected chi connectivity index (χ3v) is 3.92. The molecule has 0 saturated carbocycles. The minimum atomic E-state index is -1.01. The maximum atomic E-state index is 10.8. The molecule has 0 heterocycles. The summed E-state index contributed by atoms with van der Waals surface area (Å²) in [4.78, 5) is 10.8. The SMILES string of the molecule is COc1ccc(C=CC(=O)O)c(OCCOc2ccccc2C(C)(C)C)c1. The number of carboxylic acid groups (broad SMARTS) is 1. The first-order valence-corrected chi connectivity index (χ1v) is 8.75. The molecule has 0 amide bonds. The fourth-order valence-electron chi connectivity index (χ4n) is 2.58. The van der Waals surface area contributed by atoms with Crippen molar-refractivity contribution in [2.45, 2.75) is 26.2 Å². The number of ether oxygens (including phenoxy) is 3. The van der Waals surface area contributed by atoms with Gasteiger partial charge in [0, 0.05) is 17.7 Å². The van der Waals surface area contributed by atoms with Crippen LogP contribution >= 0.6 is 0 Å². The van der Waals surface area contributed by atoms with Crippen LogP contribution in [0.5, 0.6) is 17.2 Å². The van der Waals surface area contributed by atoms with Crippen LogP contribution in [0.1, 0.15) is 31.9 Å². The molecular formula is C22H26O5. The van der Waals surface area contributed by atoms with Gasteiger partial charge in [-0.15, -0.1) is 0 Å². The van der Waals surface area contributed by atoms with E-state index in [0.717, 1.165) is 17.4 Å². The minimum Gasteiger partial charge on any atom is -0.497 e. The predicted octanol–water partition coefficient (Wildman–Crippen LogP) is 4.55. The van der Waals surface area contributed by atoms with E-state index in [4.69, 9.17) is 19.3 Å². The van der Waals surface area contributed by atoms with Crippen LogP contribution in [0.25, 0.3) is 6.08 Å². The van der Waals surface area contributed by atoms with Crippen LogP contribution in [0.4, 0.5) is 0 Å². The van der Waals surface area contributed by atoms with Crippen LogP contribution in [0, 0.1) is 0 Å². The number of methoxy groups -OCH3 is 1. The molecule has 0 bridgehead atoms. The van der Waals surface area contributed by atoms with E-state index in [9.17, 15) is 4.79 Å². The van der Waals surface area contributed by atoms with Crippen molar-refractivity contribution < 1.29 is 24.1 Å². The van der Waals surface area contributed by atoms with Crippen molar-refractivity contribution in [3.05, 3.63) is 59.7 Å². The summed E-state index contributed by atoms with van der Waals surface area (Å²) in [6, 6.07) is 13.2. The van der Waals surface area contributed by atoms with Crippen LogP contribution in [0.3, 0.4) is 0 Å². The van der Waals surface area contributed by atoms with Gasteiger partial charge in [0.2, 0.25) is 0 Å². The van der Waals surface area contributed by atoms with E-state index < -0.39 is 5.97 Å². The lowest BCUT2D eigenvalue weighted by atomic mass is 9.86. The van der Waals surface area contributed by atoms with Gasteiger partial charge in [-0.05, 0) is 35.3 Å². The third kappa shape index (κ3) is 6.06. The smallest absolute Gasteiger partial charge is 0.328 e. The Balaban J connectivity index is 2.04. The van der Waals surface area contributed by atoms with Gasteiger partial charge in [0.15, 0.2) is 0 Å². The zero-order valence-corrected chi connectivity index (χ0v) is 16.2. The summed E-state index contributed by atoms with van der Waals surface area (Å²) in [5.41, 5.74) is 1.78. The fraction of sp³-hybridized carbons (Fsp3) is 0.318. The summed E-state index contributed by atoms with van der Waals surface area (Å²) < 4.78 is 16.9. The lowest BCUT2D eigenvalue weighted by molar-refractivity contribution is -0.131. The van der Waals surface area contributed by atoms with Crippen molar-refractivity contribution in [3.63, 3.8) is 0 Å². The van der Waals surface area contributed by atoms with Gasteiger partial charge in [-0.1, -0.05) is 39.0 Å². The van der Waals surface area contributed by atoms with Crippen LogP contribution < -0.4 is 14.2 Å². The number of benzene rings is 2. The zero-order valence-electron chi connectivity index (χ0n) is 16.2. The largest absolute Gasteiger partial charge is 0.497 e. The standard InChI is InChI=1S/C22H26O5/c1-22(2,3)18-7-5-6-8-19(18)26-13-14-27-20-15-17(25-4)11-9-16(20)10-12-21(23)24/h5-12,15H,13-14H2,1-4H3,(H,23,24). The topological polar surface area (TPSA) is 65.0 Å². The first-order chi connectivity index (χ1) is 12.8. The highest BCUT2D eigenvalue weighted by Gasteiger charge is 2.18. The molecule has 0 radical (unpaired) electrons. The Morgan fingerprint density at radius 1 is 1.04 bits per heavy atom. The van der Waals surface area contributed by atoms with E-state index >= 15 is 0 Å². The minimum absolute atomic E-state index is 0.0148. The highest BCUT2D eigenvalue weighted by molar-refractivity contribution is 5.86. The molecule has 0 aliphatic carbocycles.